The number of benzene rings is 2. The van der Waals surface area contributed by atoms with Crippen molar-refractivity contribution in [3.05, 3.63) is 71.8 Å². The van der Waals surface area contributed by atoms with E-state index in [-0.39, 0.29) is 12.4 Å². The molecule has 2 aromatic carbocycles. The molecule has 2 rings (SSSR count). The van der Waals surface area contributed by atoms with Gasteiger partial charge in [0.1, 0.15) is 0 Å². The Labute approximate surface area is 135 Å². The van der Waals surface area contributed by atoms with Crippen LogP contribution in [0.5, 0.6) is 0 Å². The summed E-state index contributed by atoms with van der Waals surface area (Å²) >= 11 is 0. The van der Waals surface area contributed by atoms with Crippen LogP contribution in [0.25, 0.3) is 0 Å². The van der Waals surface area contributed by atoms with Crippen molar-refractivity contribution in [2.45, 2.75) is 44.6 Å². The van der Waals surface area contributed by atoms with Crippen LogP contribution in [-0.2, 0) is 0 Å². The topological polar surface area (TPSA) is 26.0 Å². The molecule has 0 bridgehead atoms. The first-order chi connectivity index (χ1) is 9.81. The van der Waals surface area contributed by atoms with E-state index in [2.05, 4.69) is 67.6 Å². The molecule has 0 saturated heterocycles. The van der Waals surface area contributed by atoms with Gasteiger partial charge in [0.05, 0.1) is 0 Å². The largest absolute Gasteiger partial charge is 0.328 e. The molecule has 1 nitrogen and oxygen atoms in total. The third-order valence-electron chi connectivity index (χ3n) is 3.89. The van der Waals surface area contributed by atoms with Gasteiger partial charge in [-0.15, -0.1) is 12.4 Å². The smallest absolute Gasteiger partial charge is 0.00899 e. The lowest BCUT2D eigenvalue weighted by Crippen LogP contribution is -2.20. The Morgan fingerprint density at radius 1 is 0.762 bits per heavy atom. The monoisotopic (exact) mass is 303 g/mol. The molecule has 0 spiro atoms. The van der Waals surface area contributed by atoms with E-state index >= 15 is 0 Å². The zero-order chi connectivity index (χ0) is 14.2. The van der Waals surface area contributed by atoms with Crippen LogP contribution >= 0.6 is 12.4 Å². The zero-order valence-electron chi connectivity index (χ0n) is 12.7. The van der Waals surface area contributed by atoms with Gasteiger partial charge in [0.15, 0.2) is 0 Å². The predicted octanol–water partition coefficient (Wildman–Crippen LogP) is 5.15. The highest BCUT2D eigenvalue weighted by atomic mass is 35.5. The van der Waals surface area contributed by atoms with Crippen LogP contribution in [0.1, 0.15) is 49.7 Å². The van der Waals surface area contributed by atoms with Crippen molar-refractivity contribution in [2.75, 3.05) is 0 Å². The van der Waals surface area contributed by atoms with Crippen molar-refractivity contribution in [1.29, 1.82) is 0 Å². The molecule has 1 unspecified atom stereocenters. The van der Waals surface area contributed by atoms with Crippen molar-refractivity contribution in [2.24, 2.45) is 5.73 Å². The molecule has 0 saturated carbocycles. The molecule has 0 amide bonds. The normalized spacial score (nSPS) is 12.0. The second kappa shape index (κ2) is 9.59. The minimum absolute atomic E-state index is 0. The van der Waals surface area contributed by atoms with E-state index in [1.54, 1.807) is 0 Å². The van der Waals surface area contributed by atoms with Gasteiger partial charge in [-0.25, -0.2) is 0 Å². The molecule has 0 fully saturated rings. The summed E-state index contributed by atoms with van der Waals surface area (Å²) in [6.45, 7) is 2.20. The van der Waals surface area contributed by atoms with Crippen LogP contribution in [0.4, 0.5) is 0 Å². The van der Waals surface area contributed by atoms with Gasteiger partial charge in [-0.2, -0.15) is 0 Å². The maximum Gasteiger partial charge on any atom is 0.00899 e. The van der Waals surface area contributed by atoms with Crippen LogP contribution in [0.3, 0.4) is 0 Å². The van der Waals surface area contributed by atoms with Gasteiger partial charge in [-0.1, -0.05) is 74.0 Å². The fourth-order valence-corrected chi connectivity index (χ4v) is 2.79. The average molecular weight is 304 g/mol. The van der Waals surface area contributed by atoms with E-state index in [4.69, 9.17) is 5.73 Å². The highest BCUT2D eigenvalue weighted by molar-refractivity contribution is 5.85. The molecule has 0 aromatic heterocycles. The number of nitrogens with two attached hydrogens (primary N) is 1. The van der Waals surface area contributed by atoms with Crippen LogP contribution in [0.15, 0.2) is 60.7 Å². The molecule has 0 aliphatic heterocycles. The Morgan fingerprint density at radius 2 is 1.24 bits per heavy atom. The Bertz CT molecular complexity index is 444. The van der Waals surface area contributed by atoms with E-state index in [1.165, 1.54) is 17.5 Å². The van der Waals surface area contributed by atoms with Gasteiger partial charge < -0.3 is 5.73 Å². The zero-order valence-corrected chi connectivity index (χ0v) is 13.6. The van der Waals surface area contributed by atoms with E-state index in [9.17, 15) is 0 Å². The quantitative estimate of drug-likeness (QED) is 0.752. The highest BCUT2D eigenvalue weighted by Crippen LogP contribution is 2.29. The number of hydrogen-bond donors (Lipinski definition) is 1. The first-order valence-electron chi connectivity index (χ1n) is 7.66. The summed E-state index contributed by atoms with van der Waals surface area (Å²) in [6.07, 6.45) is 4.50. The van der Waals surface area contributed by atoms with Gasteiger partial charge in [-0.05, 0) is 30.4 Å². The Morgan fingerprint density at radius 3 is 1.67 bits per heavy atom. The molecule has 2 N–H and O–H groups in total. The number of hydrogen-bond acceptors (Lipinski definition) is 1. The lowest BCUT2D eigenvalue weighted by Gasteiger charge is -2.20. The summed E-state index contributed by atoms with van der Waals surface area (Å²) in [7, 11) is 0. The van der Waals surface area contributed by atoms with Crippen LogP contribution in [-0.4, -0.2) is 6.04 Å². The van der Waals surface area contributed by atoms with Crippen molar-refractivity contribution in [3.8, 4) is 0 Å². The first-order valence-corrected chi connectivity index (χ1v) is 7.66. The molecule has 21 heavy (non-hydrogen) atoms. The molecular formula is C19H26ClN. The van der Waals surface area contributed by atoms with Gasteiger partial charge >= 0.3 is 0 Å². The fraction of sp³-hybridized carbons (Fsp3) is 0.368. The molecule has 2 heteroatoms. The second-order valence-corrected chi connectivity index (χ2v) is 5.50. The minimum Gasteiger partial charge on any atom is -0.328 e. The van der Waals surface area contributed by atoms with Crippen molar-refractivity contribution >= 4 is 12.4 Å². The molecule has 0 aliphatic carbocycles. The second-order valence-electron chi connectivity index (χ2n) is 5.50. The highest BCUT2D eigenvalue weighted by Gasteiger charge is 2.15. The number of rotatable bonds is 7. The Hall–Kier alpha value is -1.31. The van der Waals surface area contributed by atoms with Gasteiger partial charge in [0.25, 0.3) is 0 Å². The van der Waals surface area contributed by atoms with E-state index in [0.29, 0.717) is 12.0 Å². The van der Waals surface area contributed by atoms with Crippen LogP contribution in [0, 0.1) is 0 Å². The van der Waals surface area contributed by atoms with E-state index < -0.39 is 0 Å². The molecule has 0 heterocycles. The summed E-state index contributed by atoms with van der Waals surface area (Å²) in [4.78, 5) is 0. The van der Waals surface area contributed by atoms with Crippen molar-refractivity contribution in [3.63, 3.8) is 0 Å². The summed E-state index contributed by atoms with van der Waals surface area (Å²) in [5, 5.41) is 0. The Kier molecular flexibility index (Phi) is 8.11. The fourth-order valence-electron chi connectivity index (χ4n) is 2.79. The maximum absolute atomic E-state index is 6.19. The van der Waals surface area contributed by atoms with Gasteiger partial charge in [0.2, 0.25) is 0 Å². The Balaban J connectivity index is 0.00000220. The maximum atomic E-state index is 6.19. The minimum atomic E-state index is 0. The van der Waals surface area contributed by atoms with Gasteiger partial charge in [0, 0.05) is 12.0 Å². The van der Waals surface area contributed by atoms with Crippen molar-refractivity contribution < 1.29 is 0 Å². The summed E-state index contributed by atoms with van der Waals surface area (Å²) in [5.74, 6) is 0.459. The molecular weight excluding hydrogens is 278 g/mol. The molecule has 1 atom stereocenters. The van der Waals surface area contributed by atoms with E-state index in [1.807, 2.05) is 0 Å². The van der Waals surface area contributed by atoms with E-state index in [0.717, 1.165) is 19.3 Å². The third kappa shape index (κ3) is 5.53. The van der Waals surface area contributed by atoms with Crippen molar-refractivity contribution in [1.82, 2.24) is 0 Å². The average Bonchev–Trinajstić information content (AvgIpc) is 2.50. The SMILES string of the molecule is CCCC(N)CCC(c1ccccc1)c1ccccc1.Cl. The van der Waals surface area contributed by atoms with Crippen LogP contribution in [0.2, 0.25) is 0 Å². The molecule has 114 valence electrons. The lowest BCUT2D eigenvalue weighted by molar-refractivity contribution is 0.519. The number of halogens is 1. The molecule has 0 aliphatic rings. The molecule has 0 radical (unpaired) electrons. The summed E-state index contributed by atoms with van der Waals surface area (Å²) in [5.41, 5.74) is 8.97. The standard InChI is InChI=1S/C19H25N.ClH/c1-2-9-18(20)14-15-19(16-10-5-3-6-11-16)17-12-7-4-8-13-17;/h3-8,10-13,18-19H,2,9,14-15,20H2,1H3;1H. The first kappa shape index (κ1) is 17.7. The third-order valence-corrected chi connectivity index (χ3v) is 3.89. The summed E-state index contributed by atoms with van der Waals surface area (Å²) in [6, 6.07) is 21.9. The molecule has 2 aromatic rings. The lowest BCUT2D eigenvalue weighted by atomic mass is 9.86. The van der Waals surface area contributed by atoms with Crippen LogP contribution < -0.4 is 5.73 Å². The summed E-state index contributed by atoms with van der Waals surface area (Å²) < 4.78 is 0. The predicted molar refractivity (Wildman–Crippen MR) is 94.1 cm³/mol. The van der Waals surface area contributed by atoms with Gasteiger partial charge in [-0.3, -0.25) is 0 Å².